The van der Waals surface area contributed by atoms with Crippen molar-refractivity contribution in [2.24, 2.45) is 0 Å². The number of nitrogens with zero attached hydrogens (tertiary/aromatic N) is 1. The number of benzene rings is 1. The minimum absolute atomic E-state index is 0.397. The summed E-state index contributed by atoms with van der Waals surface area (Å²) in [6.07, 6.45) is 1.48. The summed E-state index contributed by atoms with van der Waals surface area (Å²) in [5, 5.41) is 9.96. The van der Waals surface area contributed by atoms with E-state index in [1.165, 1.54) is 0 Å². The van der Waals surface area contributed by atoms with Crippen LogP contribution in [0.15, 0.2) is 30.3 Å². The van der Waals surface area contributed by atoms with Crippen molar-refractivity contribution in [3.8, 4) is 5.75 Å². The van der Waals surface area contributed by atoms with Crippen LogP contribution in [0.25, 0.3) is 0 Å². The summed E-state index contributed by atoms with van der Waals surface area (Å²) in [4.78, 5) is 16.6. The molecule has 1 unspecified atom stereocenters. The fourth-order valence-electron chi connectivity index (χ4n) is 2.24. The first-order chi connectivity index (χ1) is 9.24. The van der Waals surface area contributed by atoms with Gasteiger partial charge in [-0.3, -0.25) is 4.79 Å². The highest BCUT2D eigenvalue weighted by molar-refractivity contribution is 7.11. The maximum Gasteiger partial charge on any atom is 0.312 e. The second-order valence-electron chi connectivity index (χ2n) is 4.45. The molecule has 98 valence electrons. The highest BCUT2D eigenvalue weighted by Gasteiger charge is 2.32. The van der Waals surface area contributed by atoms with Crippen LogP contribution in [-0.2, 0) is 17.8 Å². The molecule has 4 nitrogen and oxygen atoms in total. The molecule has 1 aromatic carbocycles. The predicted octanol–water partition coefficient (Wildman–Crippen LogP) is 2.84. The van der Waals surface area contributed by atoms with Gasteiger partial charge in [0.25, 0.3) is 0 Å². The summed E-state index contributed by atoms with van der Waals surface area (Å²) in [6, 6.07) is 9.54. The number of hydrogen-bond donors (Lipinski definition) is 1. The number of ether oxygens (including phenoxy) is 1. The van der Waals surface area contributed by atoms with Gasteiger partial charge in [0.15, 0.2) is 0 Å². The molecule has 0 bridgehead atoms. The summed E-state index contributed by atoms with van der Waals surface area (Å²) >= 11 is 1.56. The van der Waals surface area contributed by atoms with Crippen LogP contribution >= 0.6 is 11.3 Å². The Morgan fingerprint density at radius 3 is 2.95 bits per heavy atom. The van der Waals surface area contributed by atoms with Gasteiger partial charge in [0, 0.05) is 4.88 Å². The molecular formula is C14H13NO3S. The van der Waals surface area contributed by atoms with Crippen molar-refractivity contribution in [3.05, 3.63) is 45.9 Å². The third-order valence-corrected chi connectivity index (χ3v) is 4.27. The summed E-state index contributed by atoms with van der Waals surface area (Å²) in [5.41, 5.74) is 0.740. The van der Waals surface area contributed by atoms with Crippen LogP contribution in [0.4, 0.5) is 0 Å². The number of para-hydroxylation sites is 1. The molecule has 3 rings (SSSR count). The van der Waals surface area contributed by atoms with Crippen LogP contribution in [-0.4, -0.2) is 16.1 Å². The van der Waals surface area contributed by atoms with Gasteiger partial charge < -0.3 is 9.84 Å². The first-order valence-corrected chi connectivity index (χ1v) is 6.95. The molecule has 0 amide bonds. The van der Waals surface area contributed by atoms with E-state index < -0.39 is 11.9 Å². The molecule has 2 aromatic rings. The highest BCUT2D eigenvalue weighted by Crippen LogP contribution is 2.36. The summed E-state index contributed by atoms with van der Waals surface area (Å²) in [6.45, 7) is 0.397. The first kappa shape index (κ1) is 12.2. The van der Waals surface area contributed by atoms with E-state index >= 15 is 0 Å². The van der Waals surface area contributed by atoms with Gasteiger partial charge in [0.1, 0.15) is 23.3 Å². The topological polar surface area (TPSA) is 59.4 Å². The number of carboxylic acid groups (broad SMARTS) is 1. The van der Waals surface area contributed by atoms with Gasteiger partial charge in [-0.2, -0.15) is 0 Å². The quantitative estimate of drug-likeness (QED) is 0.932. The molecule has 0 aliphatic heterocycles. The Morgan fingerprint density at radius 1 is 1.42 bits per heavy atom. The standard InChI is InChI=1S/C14H13NO3S/c16-14(17)10-6-7-11-13(10)15-12(19-11)8-18-9-4-2-1-3-5-9/h1-5,10H,6-8H2,(H,16,17). The molecule has 0 fully saturated rings. The van der Waals surface area contributed by atoms with Gasteiger partial charge in [-0.15, -0.1) is 11.3 Å². The van der Waals surface area contributed by atoms with E-state index in [9.17, 15) is 4.79 Å². The van der Waals surface area contributed by atoms with E-state index in [1.54, 1.807) is 11.3 Å². The van der Waals surface area contributed by atoms with Crippen LogP contribution in [0.3, 0.4) is 0 Å². The molecule has 1 aliphatic rings. The lowest BCUT2D eigenvalue weighted by atomic mass is 10.1. The van der Waals surface area contributed by atoms with Crippen LogP contribution in [0.2, 0.25) is 0 Å². The molecule has 19 heavy (non-hydrogen) atoms. The van der Waals surface area contributed by atoms with Gasteiger partial charge in [-0.1, -0.05) is 18.2 Å². The molecule has 5 heteroatoms. The molecule has 1 aromatic heterocycles. The van der Waals surface area contributed by atoms with Crippen molar-refractivity contribution in [1.82, 2.24) is 4.98 Å². The number of rotatable bonds is 4. The maximum absolute atomic E-state index is 11.1. The largest absolute Gasteiger partial charge is 0.486 e. The SMILES string of the molecule is O=C(O)C1CCc2sc(COc3ccccc3)nc21. The molecular weight excluding hydrogens is 262 g/mol. The minimum atomic E-state index is -0.778. The Morgan fingerprint density at radius 2 is 2.21 bits per heavy atom. The molecule has 1 N–H and O–H groups in total. The van der Waals surface area contributed by atoms with E-state index in [2.05, 4.69) is 4.98 Å². The van der Waals surface area contributed by atoms with Crippen molar-refractivity contribution < 1.29 is 14.6 Å². The van der Waals surface area contributed by atoms with Crippen LogP contribution in [0, 0.1) is 0 Å². The number of aromatic nitrogens is 1. The average Bonchev–Trinajstić information content (AvgIpc) is 2.96. The van der Waals surface area contributed by atoms with Crippen LogP contribution in [0.5, 0.6) is 5.75 Å². The second kappa shape index (κ2) is 5.01. The van der Waals surface area contributed by atoms with Crippen molar-refractivity contribution in [2.75, 3.05) is 0 Å². The van der Waals surface area contributed by atoms with E-state index in [4.69, 9.17) is 9.84 Å². The Bertz CT molecular complexity index is 594. The number of hydrogen-bond acceptors (Lipinski definition) is 4. The molecule has 1 heterocycles. The van der Waals surface area contributed by atoms with Gasteiger partial charge in [-0.05, 0) is 25.0 Å². The maximum atomic E-state index is 11.1. The number of aryl methyl sites for hydroxylation is 1. The van der Waals surface area contributed by atoms with Crippen LogP contribution < -0.4 is 4.74 Å². The molecule has 0 radical (unpaired) electrons. The molecule has 0 spiro atoms. The Kier molecular flexibility index (Phi) is 3.21. The number of aliphatic carboxylic acids is 1. The smallest absolute Gasteiger partial charge is 0.312 e. The van der Waals surface area contributed by atoms with E-state index in [1.807, 2.05) is 30.3 Å². The number of thiazole rings is 1. The van der Waals surface area contributed by atoms with E-state index in [-0.39, 0.29) is 0 Å². The third kappa shape index (κ3) is 2.46. The van der Waals surface area contributed by atoms with Gasteiger partial charge >= 0.3 is 5.97 Å². The zero-order valence-corrected chi connectivity index (χ0v) is 11.0. The average molecular weight is 275 g/mol. The summed E-state index contributed by atoms with van der Waals surface area (Å²) in [5.74, 6) is -0.413. The lowest BCUT2D eigenvalue weighted by Gasteiger charge is -2.04. The van der Waals surface area contributed by atoms with Crippen molar-refractivity contribution >= 4 is 17.3 Å². The van der Waals surface area contributed by atoms with Crippen molar-refractivity contribution in [1.29, 1.82) is 0 Å². The fraction of sp³-hybridized carbons (Fsp3) is 0.286. The lowest BCUT2D eigenvalue weighted by molar-refractivity contribution is -0.138. The predicted molar refractivity (Wildman–Crippen MR) is 71.6 cm³/mol. The van der Waals surface area contributed by atoms with Gasteiger partial charge in [0.2, 0.25) is 0 Å². The number of carboxylic acids is 1. The molecule has 1 atom stereocenters. The molecule has 0 saturated heterocycles. The zero-order chi connectivity index (χ0) is 13.2. The number of fused-ring (bicyclic) bond motifs is 1. The molecule has 0 saturated carbocycles. The molecule has 1 aliphatic carbocycles. The Hall–Kier alpha value is -1.88. The van der Waals surface area contributed by atoms with E-state index in [0.29, 0.717) is 13.0 Å². The summed E-state index contributed by atoms with van der Waals surface area (Å²) < 4.78 is 5.63. The van der Waals surface area contributed by atoms with Crippen molar-refractivity contribution in [2.45, 2.75) is 25.4 Å². The lowest BCUT2D eigenvalue weighted by Crippen LogP contribution is -2.09. The first-order valence-electron chi connectivity index (χ1n) is 6.13. The Labute approximate surface area is 114 Å². The van der Waals surface area contributed by atoms with Crippen molar-refractivity contribution in [3.63, 3.8) is 0 Å². The number of carbonyl (C=O) groups is 1. The second-order valence-corrected chi connectivity index (χ2v) is 5.62. The van der Waals surface area contributed by atoms with Crippen LogP contribution in [0.1, 0.15) is 27.9 Å². The van der Waals surface area contributed by atoms with Gasteiger partial charge in [0.05, 0.1) is 5.69 Å². The Balaban J connectivity index is 1.71. The van der Waals surface area contributed by atoms with E-state index in [0.717, 1.165) is 27.7 Å². The normalized spacial score (nSPS) is 17.2. The third-order valence-electron chi connectivity index (χ3n) is 3.17. The zero-order valence-electron chi connectivity index (χ0n) is 10.2. The summed E-state index contributed by atoms with van der Waals surface area (Å²) in [7, 11) is 0. The monoisotopic (exact) mass is 275 g/mol. The fourth-order valence-corrected chi connectivity index (χ4v) is 3.30. The minimum Gasteiger partial charge on any atom is -0.486 e. The highest BCUT2D eigenvalue weighted by atomic mass is 32.1. The van der Waals surface area contributed by atoms with Gasteiger partial charge in [-0.25, -0.2) is 4.98 Å².